The zero-order chi connectivity index (χ0) is 19.5. The van der Waals surface area contributed by atoms with Gasteiger partial charge in [0, 0.05) is 38.1 Å². The molecule has 1 aromatic heterocycles. The van der Waals surface area contributed by atoms with Gasteiger partial charge in [-0.1, -0.05) is 32.0 Å². The van der Waals surface area contributed by atoms with Crippen LogP contribution in [-0.2, 0) is 13.0 Å². The van der Waals surface area contributed by atoms with Crippen LogP contribution in [-0.4, -0.2) is 31.1 Å². The second-order valence-corrected chi connectivity index (χ2v) is 7.11. The molecule has 0 radical (unpaired) electrons. The van der Waals surface area contributed by atoms with Gasteiger partial charge in [0.25, 0.3) is 0 Å². The van der Waals surface area contributed by atoms with Gasteiger partial charge in [0.2, 0.25) is 0 Å². The second-order valence-electron chi connectivity index (χ2n) is 7.11. The fourth-order valence-electron chi connectivity index (χ4n) is 2.62. The fourth-order valence-corrected chi connectivity index (χ4v) is 2.62. The van der Waals surface area contributed by atoms with Crippen LogP contribution in [0.4, 0.5) is 0 Å². The maximum atomic E-state index is 6.03. The van der Waals surface area contributed by atoms with Crippen LogP contribution in [0, 0.1) is 12.8 Å². The van der Waals surface area contributed by atoms with Gasteiger partial charge in [-0.15, -0.1) is 24.0 Å². The maximum Gasteiger partial charge on any atom is 0.191 e. The van der Waals surface area contributed by atoms with E-state index in [1.165, 1.54) is 11.1 Å². The molecule has 2 aromatic rings. The van der Waals surface area contributed by atoms with Crippen LogP contribution >= 0.6 is 24.0 Å². The summed E-state index contributed by atoms with van der Waals surface area (Å²) in [6.45, 7) is 8.73. The van der Waals surface area contributed by atoms with E-state index in [1.54, 1.807) is 13.2 Å². The van der Waals surface area contributed by atoms with Crippen LogP contribution in [0.15, 0.2) is 47.7 Å². The second kappa shape index (κ2) is 13.4. The Morgan fingerprint density at radius 3 is 2.71 bits per heavy atom. The number of nitrogens with one attached hydrogen (secondary N) is 2. The van der Waals surface area contributed by atoms with Crippen molar-refractivity contribution in [2.45, 2.75) is 40.2 Å². The van der Waals surface area contributed by atoms with Gasteiger partial charge in [0.15, 0.2) is 5.96 Å². The van der Waals surface area contributed by atoms with E-state index in [2.05, 4.69) is 65.6 Å². The van der Waals surface area contributed by atoms with E-state index in [0.29, 0.717) is 12.5 Å². The standard InChI is InChI=1S/C22H32N4O.HI/c1-17(2)10-13-27-21-14-18(3)7-8-20(21)16-26-22(23-4)25-12-9-19-6-5-11-24-15-19;/h5-8,11,14-15,17H,9-10,12-13,16H2,1-4H3,(H2,23,25,26);1H. The lowest BCUT2D eigenvalue weighted by Crippen LogP contribution is -2.37. The normalized spacial score (nSPS) is 11.1. The molecule has 0 unspecified atom stereocenters. The molecule has 0 atom stereocenters. The number of pyridine rings is 1. The van der Waals surface area contributed by atoms with E-state index in [9.17, 15) is 0 Å². The molecule has 0 aliphatic heterocycles. The number of hydrogen-bond donors (Lipinski definition) is 2. The summed E-state index contributed by atoms with van der Waals surface area (Å²) in [4.78, 5) is 8.45. The summed E-state index contributed by atoms with van der Waals surface area (Å²) in [6.07, 6.45) is 5.64. The SMILES string of the molecule is CN=C(NCCc1cccnc1)NCc1ccc(C)cc1OCCC(C)C.I. The molecule has 1 heterocycles. The molecule has 0 fully saturated rings. The largest absolute Gasteiger partial charge is 0.493 e. The highest BCUT2D eigenvalue weighted by molar-refractivity contribution is 14.0. The number of benzene rings is 1. The van der Waals surface area contributed by atoms with Crippen molar-refractivity contribution in [3.05, 3.63) is 59.4 Å². The number of guanidine groups is 1. The molecule has 0 saturated carbocycles. The minimum Gasteiger partial charge on any atom is -0.493 e. The van der Waals surface area contributed by atoms with Crippen molar-refractivity contribution < 1.29 is 4.74 Å². The van der Waals surface area contributed by atoms with E-state index in [0.717, 1.165) is 43.3 Å². The van der Waals surface area contributed by atoms with Crippen LogP contribution in [0.1, 0.15) is 37.0 Å². The molecule has 6 heteroatoms. The van der Waals surface area contributed by atoms with Gasteiger partial charge in [-0.25, -0.2) is 0 Å². The van der Waals surface area contributed by atoms with Crippen LogP contribution in [0.3, 0.4) is 0 Å². The third-order valence-corrected chi connectivity index (χ3v) is 4.27. The summed E-state index contributed by atoms with van der Waals surface area (Å²) in [5.41, 5.74) is 3.55. The molecule has 1 aromatic carbocycles. The lowest BCUT2D eigenvalue weighted by atomic mass is 10.1. The summed E-state index contributed by atoms with van der Waals surface area (Å²) in [5.74, 6) is 2.38. The third-order valence-electron chi connectivity index (χ3n) is 4.27. The molecular formula is C22H33IN4O. The van der Waals surface area contributed by atoms with Crippen LogP contribution in [0.25, 0.3) is 0 Å². The van der Waals surface area contributed by atoms with E-state index < -0.39 is 0 Å². The number of nitrogens with zero attached hydrogens (tertiary/aromatic N) is 2. The van der Waals surface area contributed by atoms with Crippen molar-refractivity contribution in [2.75, 3.05) is 20.2 Å². The van der Waals surface area contributed by atoms with Gasteiger partial charge in [-0.2, -0.15) is 0 Å². The molecule has 0 saturated heterocycles. The van der Waals surface area contributed by atoms with E-state index >= 15 is 0 Å². The van der Waals surface area contributed by atoms with Gasteiger partial charge >= 0.3 is 0 Å². The van der Waals surface area contributed by atoms with E-state index in [4.69, 9.17) is 4.74 Å². The minimum absolute atomic E-state index is 0. The molecule has 28 heavy (non-hydrogen) atoms. The molecule has 154 valence electrons. The van der Waals surface area contributed by atoms with Crippen molar-refractivity contribution >= 4 is 29.9 Å². The molecule has 0 amide bonds. The molecular weight excluding hydrogens is 463 g/mol. The average molecular weight is 496 g/mol. The molecule has 2 rings (SSSR count). The van der Waals surface area contributed by atoms with Crippen molar-refractivity contribution in [2.24, 2.45) is 10.9 Å². The summed E-state index contributed by atoms with van der Waals surface area (Å²) < 4.78 is 6.03. The Balaban J connectivity index is 0.00000392. The number of aromatic nitrogens is 1. The van der Waals surface area contributed by atoms with Crippen molar-refractivity contribution in [3.63, 3.8) is 0 Å². The Labute approximate surface area is 186 Å². The Bertz CT molecular complexity index is 720. The monoisotopic (exact) mass is 496 g/mol. The first kappa shape index (κ1) is 24.2. The highest BCUT2D eigenvalue weighted by Crippen LogP contribution is 2.21. The molecule has 0 bridgehead atoms. The Hall–Kier alpha value is -1.83. The predicted molar refractivity (Wildman–Crippen MR) is 128 cm³/mol. The molecule has 2 N–H and O–H groups in total. The Morgan fingerprint density at radius 2 is 2.04 bits per heavy atom. The summed E-state index contributed by atoms with van der Waals surface area (Å²) in [6, 6.07) is 10.4. The third kappa shape index (κ3) is 8.91. The zero-order valence-corrected chi connectivity index (χ0v) is 19.7. The minimum atomic E-state index is 0. The highest BCUT2D eigenvalue weighted by atomic mass is 127. The Kier molecular flexibility index (Phi) is 11.6. The molecule has 0 spiro atoms. The van der Waals surface area contributed by atoms with Gasteiger partial charge in [0.1, 0.15) is 5.75 Å². The highest BCUT2D eigenvalue weighted by Gasteiger charge is 2.06. The topological polar surface area (TPSA) is 58.5 Å². The first-order chi connectivity index (χ1) is 13.1. The van der Waals surface area contributed by atoms with Crippen LogP contribution in [0.2, 0.25) is 0 Å². The number of hydrogen-bond acceptors (Lipinski definition) is 3. The van der Waals surface area contributed by atoms with Crippen molar-refractivity contribution in [1.29, 1.82) is 0 Å². The maximum absolute atomic E-state index is 6.03. The zero-order valence-electron chi connectivity index (χ0n) is 17.4. The summed E-state index contributed by atoms with van der Waals surface area (Å²) in [5, 5.41) is 6.72. The van der Waals surface area contributed by atoms with Gasteiger partial charge in [-0.05, 0) is 48.9 Å². The summed E-state index contributed by atoms with van der Waals surface area (Å²) in [7, 11) is 1.79. The lowest BCUT2D eigenvalue weighted by Gasteiger charge is -2.16. The fraction of sp³-hybridized carbons (Fsp3) is 0.455. The molecule has 0 aliphatic rings. The number of aliphatic imine (C=N–C) groups is 1. The number of aryl methyl sites for hydroxylation is 1. The van der Waals surface area contributed by atoms with Crippen LogP contribution in [0.5, 0.6) is 5.75 Å². The quantitative estimate of drug-likeness (QED) is 0.308. The van der Waals surface area contributed by atoms with Crippen molar-refractivity contribution in [3.8, 4) is 5.75 Å². The van der Waals surface area contributed by atoms with Gasteiger partial charge in [0.05, 0.1) is 6.61 Å². The van der Waals surface area contributed by atoms with Crippen LogP contribution < -0.4 is 15.4 Å². The average Bonchev–Trinajstić information content (AvgIpc) is 2.66. The number of rotatable bonds is 9. The number of ether oxygens (including phenoxy) is 1. The summed E-state index contributed by atoms with van der Waals surface area (Å²) >= 11 is 0. The lowest BCUT2D eigenvalue weighted by molar-refractivity contribution is 0.286. The molecule has 0 aliphatic carbocycles. The van der Waals surface area contributed by atoms with E-state index in [-0.39, 0.29) is 24.0 Å². The predicted octanol–water partition coefficient (Wildman–Crippen LogP) is 4.34. The van der Waals surface area contributed by atoms with Gasteiger partial charge in [-0.3, -0.25) is 9.98 Å². The van der Waals surface area contributed by atoms with Gasteiger partial charge < -0.3 is 15.4 Å². The van der Waals surface area contributed by atoms with Crippen molar-refractivity contribution in [1.82, 2.24) is 15.6 Å². The molecule has 5 nitrogen and oxygen atoms in total. The number of halogens is 1. The first-order valence-electron chi connectivity index (χ1n) is 9.64. The van der Waals surface area contributed by atoms with E-state index in [1.807, 2.05) is 12.3 Å². The first-order valence-corrected chi connectivity index (χ1v) is 9.64. The smallest absolute Gasteiger partial charge is 0.191 e. The Morgan fingerprint density at radius 1 is 1.21 bits per heavy atom.